The number of rotatable bonds is 5. The third-order valence-corrected chi connectivity index (χ3v) is 6.63. The number of halogens is 1. The van der Waals surface area contributed by atoms with Gasteiger partial charge in [-0.15, -0.1) is 11.3 Å². The summed E-state index contributed by atoms with van der Waals surface area (Å²) in [6.45, 7) is 4.39. The molecule has 4 rings (SSSR count). The molecule has 0 fully saturated rings. The lowest BCUT2D eigenvalue weighted by molar-refractivity contribution is 0.299. The van der Waals surface area contributed by atoms with Crippen LogP contribution in [0.1, 0.15) is 40.0 Å². The number of thiophene rings is 1. The average Bonchev–Trinajstić information content (AvgIpc) is 3.11. The number of likely N-dealkylation sites (N-methyl/N-ethyl adjacent to an activating group) is 1. The number of nitrogens with zero attached hydrogens (tertiary/aromatic N) is 3. The van der Waals surface area contributed by atoms with Crippen LogP contribution in [0.15, 0.2) is 65.5 Å². The van der Waals surface area contributed by atoms with E-state index in [4.69, 9.17) is 17.3 Å². The Kier molecular flexibility index (Phi) is 6.32. The van der Waals surface area contributed by atoms with E-state index < -0.39 is 0 Å². The lowest BCUT2D eigenvalue weighted by atomic mass is 9.84. The maximum absolute atomic E-state index is 6.38. The zero-order valence-corrected chi connectivity index (χ0v) is 18.7. The van der Waals surface area contributed by atoms with Gasteiger partial charge in [0.1, 0.15) is 0 Å². The summed E-state index contributed by atoms with van der Waals surface area (Å²) in [4.78, 5) is 12.5. The first-order valence-corrected chi connectivity index (χ1v) is 11.1. The summed E-state index contributed by atoms with van der Waals surface area (Å²) < 4.78 is 0.849. The van der Waals surface area contributed by atoms with Crippen LogP contribution >= 0.6 is 22.9 Å². The molecule has 0 bridgehead atoms. The number of fused-ring (bicyclic) bond motifs is 1. The molecule has 6 heteroatoms. The highest BCUT2D eigenvalue weighted by Gasteiger charge is 2.29. The molecule has 2 N–H and O–H groups in total. The van der Waals surface area contributed by atoms with E-state index in [1.54, 1.807) is 17.5 Å². The van der Waals surface area contributed by atoms with Gasteiger partial charge in [0.2, 0.25) is 0 Å². The molecule has 0 saturated heterocycles. The van der Waals surface area contributed by atoms with E-state index in [-0.39, 0.29) is 5.92 Å². The monoisotopic (exact) mass is 436 g/mol. The van der Waals surface area contributed by atoms with Gasteiger partial charge in [-0.3, -0.25) is 9.98 Å². The molecule has 0 amide bonds. The van der Waals surface area contributed by atoms with Gasteiger partial charge in [-0.1, -0.05) is 41.9 Å². The number of aromatic nitrogens is 1. The molecule has 0 aliphatic carbocycles. The molecule has 1 aliphatic heterocycles. The van der Waals surface area contributed by atoms with Crippen LogP contribution in [0.3, 0.4) is 0 Å². The van der Waals surface area contributed by atoms with Crippen molar-refractivity contribution in [3.63, 3.8) is 0 Å². The Labute approximate surface area is 186 Å². The van der Waals surface area contributed by atoms with Gasteiger partial charge >= 0.3 is 0 Å². The van der Waals surface area contributed by atoms with Crippen LogP contribution in [0.2, 0.25) is 4.34 Å². The summed E-state index contributed by atoms with van der Waals surface area (Å²) >= 11 is 8.05. The van der Waals surface area contributed by atoms with Crippen LogP contribution in [0.5, 0.6) is 0 Å². The van der Waals surface area contributed by atoms with Crippen LogP contribution < -0.4 is 5.73 Å². The van der Waals surface area contributed by atoms with Crippen molar-refractivity contribution in [3.05, 3.63) is 92.0 Å². The van der Waals surface area contributed by atoms with E-state index >= 15 is 0 Å². The Bertz CT molecular complexity index is 1080. The Hall–Kier alpha value is -2.47. The van der Waals surface area contributed by atoms with Gasteiger partial charge in [0.15, 0.2) is 0 Å². The van der Waals surface area contributed by atoms with E-state index in [1.807, 2.05) is 31.5 Å². The van der Waals surface area contributed by atoms with E-state index in [0.717, 1.165) is 39.8 Å². The molecule has 2 aromatic heterocycles. The molecule has 1 aromatic carbocycles. The molecule has 30 heavy (non-hydrogen) atoms. The Morgan fingerprint density at radius 3 is 2.90 bits per heavy atom. The summed E-state index contributed by atoms with van der Waals surface area (Å²) in [7, 11) is 2.16. The van der Waals surface area contributed by atoms with Crippen molar-refractivity contribution >= 4 is 34.7 Å². The van der Waals surface area contributed by atoms with E-state index in [2.05, 4.69) is 52.3 Å². The first-order valence-electron chi connectivity index (χ1n) is 9.94. The smallest absolute Gasteiger partial charge is 0.0934 e. The van der Waals surface area contributed by atoms with Crippen molar-refractivity contribution in [2.24, 2.45) is 10.7 Å². The second kappa shape index (κ2) is 9.13. The largest absolute Gasteiger partial charge is 0.402 e. The number of aliphatic imine (C=N–C) groups is 1. The minimum atomic E-state index is 0.250. The minimum absolute atomic E-state index is 0.250. The molecule has 0 spiro atoms. The quantitative estimate of drug-likeness (QED) is 0.549. The fourth-order valence-electron chi connectivity index (χ4n) is 3.98. The summed E-state index contributed by atoms with van der Waals surface area (Å²) in [5.74, 6) is 0.250. The summed E-state index contributed by atoms with van der Waals surface area (Å²) in [6, 6.07) is 14.6. The van der Waals surface area contributed by atoms with Gasteiger partial charge in [0.25, 0.3) is 0 Å². The number of nitrogens with two attached hydrogens (primary N) is 1. The van der Waals surface area contributed by atoms with Crippen LogP contribution in [0.4, 0.5) is 0 Å². The van der Waals surface area contributed by atoms with Gasteiger partial charge in [-0.05, 0) is 48.4 Å². The average molecular weight is 437 g/mol. The molecular weight excluding hydrogens is 412 g/mol. The lowest BCUT2D eigenvalue weighted by Gasteiger charge is -2.31. The Morgan fingerprint density at radius 2 is 2.13 bits per heavy atom. The second-order valence-electron chi connectivity index (χ2n) is 7.69. The predicted molar refractivity (Wildman–Crippen MR) is 127 cm³/mol. The van der Waals surface area contributed by atoms with Crippen LogP contribution in [0.25, 0.3) is 5.57 Å². The predicted octanol–water partition coefficient (Wildman–Crippen LogP) is 5.33. The standard InChI is InChI=1S/C24H25ClN4S/c1-16(26)21(13-28-12-17-6-5-9-27-11-17)18-7-3-4-8-19(18)22-14-29(2)15-23-20(22)10-24(25)30-23/h3-11,13,22H,12,14-15,26H2,1-2H3/b21-16+,28-13?. The SMILES string of the molecule is C/C(N)=C(/C=NCc1cccnc1)c1ccccc1C1CN(C)Cc2sc(Cl)cc21. The minimum Gasteiger partial charge on any atom is -0.402 e. The number of benzene rings is 1. The van der Waals surface area contributed by atoms with E-state index in [0.29, 0.717) is 6.54 Å². The first-order chi connectivity index (χ1) is 14.5. The van der Waals surface area contributed by atoms with E-state index in [1.165, 1.54) is 16.0 Å². The summed E-state index contributed by atoms with van der Waals surface area (Å²) in [5, 5.41) is 0. The third-order valence-electron chi connectivity index (χ3n) is 5.36. The van der Waals surface area contributed by atoms with Gasteiger partial charge in [-0.25, -0.2) is 0 Å². The van der Waals surface area contributed by atoms with Gasteiger partial charge in [0.05, 0.1) is 10.9 Å². The molecule has 1 atom stereocenters. The number of allylic oxidation sites excluding steroid dienone is 2. The highest BCUT2D eigenvalue weighted by atomic mass is 35.5. The normalized spacial score (nSPS) is 17.8. The molecule has 0 saturated carbocycles. The van der Waals surface area contributed by atoms with Crippen LogP contribution in [-0.2, 0) is 13.1 Å². The zero-order chi connectivity index (χ0) is 21.1. The molecular formula is C24H25ClN4S. The number of pyridine rings is 1. The van der Waals surface area contributed by atoms with Crippen molar-refractivity contribution in [1.29, 1.82) is 0 Å². The van der Waals surface area contributed by atoms with Crippen molar-refractivity contribution < 1.29 is 0 Å². The zero-order valence-electron chi connectivity index (χ0n) is 17.2. The summed E-state index contributed by atoms with van der Waals surface area (Å²) in [6.07, 6.45) is 5.50. The van der Waals surface area contributed by atoms with Crippen LogP contribution in [-0.4, -0.2) is 29.7 Å². The molecule has 3 heterocycles. The van der Waals surface area contributed by atoms with E-state index in [9.17, 15) is 0 Å². The molecule has 1 aliphatic rings. The second-order valence-corrected chi connectivity index (χ2v) is 9.46. The Balaban J connectivity index is 1.71. The first kappa shape index (κ1) is 20.8. The fourth-order valence-corrected chi connectivity index (χ4v) is 5.40. The fraction of sp³-hybridized carbons (Fsp3) is 0.250. The third kappa shape index (κ3) is 4.48. The Morgan fingerprint density at radius 1 is 1.30 bits per heavy atom. The molecule has 0 radical (unpaired) electrons. The number of hydrogen-bond acceptors (Lipinski definition) is 5. The molecule has 1 unspecified atom stereocenters. The van der Waals surface area contributed by atoms with Crippen LogP contribution in [0, 0.1) is 0 Å². The maximum atomic E-state index is 6.38. The van der Waals surface area contributed by atoms with Crippen molar-refractivity contribution in [3.8, 4) is 0 Å². The van der Waals surface area contributed by atoms with Crippen molar-refractivity contribution in [1.82, 2.24) is 9.88 Å². The highest BCUT2D eigenvalue weighted by Crippen LogP contribution is 2.41. The topological polar surface area (TPSA) is 54.5 Å². The van der Waals surface area contributed by atoms with Crippen molar-refractivity contribution in [2.75, 3.05) is 13.6 Å². The molecule has 4 nitrogen and oxygen atoms in total. The van der Waals surface area contributed by atoms with Gasteiger partial charge < -0.3 is 10.6 Å². The maximum Gasteiger partial charge on any atom is 0.0934 e. The van der Waals surface area contributed by atoms with Gasteiger partial charge in [0, 0.05) is 53.8 Å². The molecule has 3 aromatic rings. The highest BCUT2D eigenvalue weighted by molar-refractivity contribution is 7.16. The van der Waals surface area contributed by atoms with Crippen molar-refractivity contribution in [2.45, 2.75) is 25.9 Å². The summed E-state index contributed by atoms with van der Waals surface area (Å²) in [5.41, 5.74) is 12.8. The lowest BCUT2D eigenvalue weighted by Crippen LogP contribution is -2.30. The van der Waals surface area contributed by atoms with Gasteiger partial charge in [-0.2, -0.15) is 0 Å². The number of hydrogen-bond donors (Lipinski definition) is 1. The molecule has 154 valence electrons.